The van der Waals surface area contributed by atoms with Crippen molar-refractivity contribution in [2.75, 3.05) is 7.05 Å². The highest BCUT2D eigenvalue weighted by molar-refractivity contribution is 7.14. The molecule has 0 unspecified atom stereocenters. The van der Waals surface area contributed by atoms with Gasteiger partial charge >= 0.3 is 0 Å². The van der Waals surface area contributed by atoms with Crippen LogP contribution in [0.15, 0.2) is 42.7 Å². The third-order valence-electron chi connectivity index (χ3n) is 2.60. The van der Waals surface area contributed by atoms with Crippen molar-refractivity contribution < 1.29 is 0 Å². The predicted octanol–water partition coefficient (Wildman–Crippen LogP) is 2.11. The van der Waals surface area contributed by atoms with Crippen molar-refractivity contribution >= 4 is 11.3 Å². The van der Waals surface area contributed by atoms with Gasteiger partial charge in [0.05, 0.1) is 11.9 Å². The van der Waals surface area contributed by atoms with E-state index in [9.17, 15) is 0 Å². The lowest BCUT2D eigenvalue weighted by atomic mass is 10.3. The van der Waals surface area contributed by atoms with Crippen molar-refractivity contribution in [1.82, 2.24) is 25.3 Å². The Balaban J connectivity index is 1.88. The minimum Gasteiger partial charge on any atom is -0.315 e. The van der Waals surface area contributed by atoms with Gasteiger partial charge in [-0.25, -0.2) is 4.98 Å². The molecule has 0 bridgehead atoms. The first-order valence-corrected chi connectivity index (χ1v) is 6.76. The molecule has 0 radical (unpaired) electrons. The number of hydrogen-bond donors (Lipinski definition) is 1. The number of thiazole rings is 1. The molecule has 3 rings (SSSR count). The maximum Gasteiger partial charge on any atom is 0.145 e. The molecular weight excluding hydrogens is 258 g/mol. The van der Waals surface area contributed by atoms with Crippen LogP contribution in [0.5, 0.6) is 0 Å². The lowest BCUT2D eigenvalue weighted by molar-refractivity contribution is 0.753. The first-order chi connectivity index (χ1) is 9.36. The van der Waals surface area contributed by atoms with Gasteiger partial charge in [0.25, 0.3) is 0 Å². The molecule has 0 aliphatic heterocycles. The molecule has 0 amide bonds. The molecule has 0 saturated carbocycles. The highest BCUT2D eigenvalue weighted by Gasteiger charge is 2.09. The lowest BCUT2D eigenvalue weighted by Gasteiger charge is -1.96. The van der Waals surface area contributed by atoms with Crippen LogP contribution in [-0.2, 0) is 6.54 Å². The van der Waals surface area contributed by atoms with E-state index < -0.39 is 0 Å². The van der Waals surface area contributed by atoms with Crippen LogP contribution in [0.3, 0.4) is 0 Å². The van der Waals surface area contributed by atoms with Gasteiger partial charge in [-0.05, 0) is 19.2 Å². The molecule has 1 N–H and O–H groups in total. The molecule has 0 fully saturated rings. The Morgan fingerprint density at radius 3 is 2.84 bits per heavy atom. The minimum absolute atomic E-state index is 0.802. The third kappa shape index (κ3) is 2.54. The number of nitrogens with zero attached hydrogens (tertiary/aromatic N) is 4. The summed E-state index contributed by atoms with van der Waals surface area (Å²) in [7, 11) is 1.92. The number of nitrogens with one attached hydrogen (secondary N) is 1. The molecule has 0 aliphatic rings. The standard InChI is InChI=1S/C13H13N5S/c1-14-7-11-8-15-13(19-11)12-9-16-18(17-12)10-5-3-2-4-6-10/h2-6,8-9,14H,7H2,1H3. The second kappa shape index (κ2) is 5.29. The van der Waals surface area contributed by atoms with Gasteiger partial charge in [-0.2, -0.15) is 9.90 Å². The summed E-state index contributed by atoms with van der Waals surface area (Å²) in [6.07, 6.45) is 3.62. The maximum atomic E-state index is 4.46. The van der Waals surface area contributed by atoms with Crippen LogP contribution in [0.1, 0.15) is 4.88 Å². The fourth-order valence-electron chi connectivity index (χ4n) is 1.73. The summed E-state index contributed by atoms with van der Waals surface area (Å²) in [6.45, 7) is 0.824. The quantitative estimate of drug-likeness (QED) is 0.789. The highest BCUT2D eigenvalue weighted by Crippen LogP contribution is 2.23. The zero-order valence-corrected chi connectivity index (χ0v) is 11.3. The molecule has 0 atom stereocenters. The van der Waals surface area contributed by atoms with Crippen LogP contribution in [0.2, 0.25) is 0 Å². The van der Waals surface area contributed by atoms with Crippen molar-refractivity contribution in [2.45, 2.75) is 6.54 Å². The first-order valence-electron chi connectivity index (χ1n) is 5.94. The highest BCUT2D eigenvalue weighted by atomic mass is 32.1. The van der Waals surface area contributed by atoms with Gasteiger partial charge in [-0.1, -0.05) is 18.2 Å². The lowest BCUT2D eigenvalue weighted by Crippen LogP contribution is -2.02. The summed E-state index contributed by atoms with van der Waals surface area (Å²) >= 11 is 1.63. The molecule has 6 heteroatoms. The second-order valence-electron chi connectivity index (χ2n) is 4.02. The normalized spacial score (nSPS) is 10.8. The molecular formula is C13H13N5S. The van der Waals surface area contributed by atoms with E-state index >= 15 is 0 Å². The summed E-state index contributed by atoms with van der Waals surface area (Å²) in [4.78, 5) is 7.18. The van der Waals surface area contributed by atoms with E-state index in [1.54, 1.807) is 22.3 Å². The number of hydrogen-bond acceptors (Lipinski definition) is 5. The number of aromatic nitrogens is 4. The topological polar surface area (TPSA) is 55.6 Å². The van der Waals surface area contributed by atoms with E-state index in [1.165, 1.54) is 4.88 Å². The number of benzene rings is 1. The van der Waals surface area contributed by atoms with Crippen LogP contribution < -0.4 is 5.32 Å². The van der Waals surface area contributed by atoms with Gasteiger partial charge in [0.1, 0.15) is 10.7 Å². The van der Waals surface area contributed by atoms with Gasteiger partial charge in [-0.3, -0.25) is 0 Å². The summed E-state index contributed by atoms with van der Waals surface area (Å²) in [5, 5.41) is 12.7. The first kappa shape index (κ1) is 12.0. The Morgan fingerprint density at radius 2 is 2.05 bits per heavy atom. The van der Waals surface area contributed by atoms with E-state index in [-0.39, 0.29) is 0 Å². The molecule has 2 heterocycles. The average Bonchev–Trinajstić information content (AvgIpc) is 3.08. The molecule has 96 valence electrons. The fraction of sp³-hybridized carbons (Fsp3) is 0.154. The minimum atomic E-state index is 0.802. The van der Waals surface area contributed by atoms with Crippen molar-refractivity contribution in [1.29, 1.82) is 0 Å². The monoisotopic (exact) mass is 271 g/mol. The zero-order chi connectivity index (χ0) is 13.1. The Hall–Kier alpha value is -2.05. The van der Waals surface area contributed by atoms with Gasteiger partial charge in [0.15, 0.2) is 0 Å². The van der Waals surface area contributed by atoms with E-state index in [0.717, 1.165) is 22.9 Å². The van der Waals surface area contributed by atoms with E-state index in [0.29, 0.717) is 0 Å². The van der Waals surface area contributed by atoms with E-state index in [4.69, 9.17) is 0 Å². The fourth-order valence-corrected chi connectivity index (χ4v) is 2.60. The van der Waals surface area contributed by atoms with Crippen LogP contribution in [0.25, 0.3) is 16.4 Å². The maximum absolute atomic E-state index is 4.46. The number of para-hydroxylation sites is 1. The van der Waals surface area contributed by atoms with Gasteiger partial charge in [-0.15, -0.1) is 16.4 Å². The third-order valence-corrected chi connectivity index (χ3v) is 3.62. The Labute approximate surface area is 114 Å². The van der Waals surface area contributed by atoms with Crippen molar-refractivity contribution in [3.8, 4) is 16.4 Å². The van der Waals surface area contributed by atoms with Gasteiger partial charge in [0, 0.05) is 17.6 Å². The molecule has 0 aliphatic carbocycles. The molecule has 2 aromatic heterocycles. The Kier molecular flexibility index (Phi) is 3.35. The smallest absolute Gasteiger partial charge is 0.145 e. The van der Waals surface area contributed by atoms with Gasteiger partial charge in [0.2, 0.25) is 0 Å². The van der Waals surface area contributed by atoms with Crippen molar-refractivity contribution in [2.24, 2.45) is 0 Å². The van der Waals surface area contributed by atoms with Gasteiger partial charge < -0.3 is 5.32 Å². The predicted molar refractivity (Wildman–Crippen MR) is 75.2 cm³/mol. The zero-order valence-electron chi connectivity index (χ0n) is 10.4. The van der Waals surface area contributed by atoms with E-state index in [1.807, 2.05) is 43.6 Å². The molecule has 1 aromatic carbocycles. The molecule has 19 heavy (non-hydrogen) atoms. The second-order valence-corrected chi connectivity index (χ2v) is 5.13. The summed E-state index contributed by atoms with van der Waals surface area (Å²) < 4.78 is 0. The Morgan fingerprint density at radius 1 is 1.21 bits per heavy atom. The molecule has 5 nitrogen and oxygen atoms in total. The summed E-state index contributed by atoms with van der Waals surface area (Å²) in [5.74, 6) is 0. The summed E-state index contributed by atoms with van der Waals surface area (Å²) in [5.41, 5.74) is 1.75. The van der Waals surface area contributed by atoms with Crippen molar-refractivity contribution in [3.63, 3.8) is 0 Å². The molecule has 3 aromatic rings. The largest absolute Gasteiger partial charge is 0.315 e. The number of rotatable bonds is 4. The SMILES string of the molecule is CNCc1cnc(-c2cnn(-c3ccccc3)n2)s1. The van der Waals surface area contributed by atoms with Crippen LogP contribution >= 0.6 is 11.3 Å². The van der Waals surface area contributed by atoms with Crippen LogP contribution in [-0.4, -0.2) is 27.0 Å². The molecule has 0 spiro atoms. The van der Waals surface area contributed by atoms with Crippen LogP contribution in [0.4, 0.5) is 0 Å². The van der Waals surface area contributed by atoms with Crippen LogP contribution in [0, 0.1) is 0 Å². The summed E-state index contributed by atoms with van der Waals surface area (Å²) in [6, 6.07) is 9.84. The Bertz CT molecular complexity index is 658. The van der Waals surface area contributed by atoms with E-state index in [2.05, 4.69) is 20.5 Å². The molecule has 0 saturated heterocycles. The van der Waals surface area contributed by atoms with Crippen molar-refractivity contribution in [3.05, 3.63) is 47.6 Å². The average molecular weight is 271 g/mol.